The summed E-state index contributed by atoms with van der Waals surface area (Å²) in [6.45, 7) is 1.38. The zero-order chi connectivity index (χ0) is 23.5. The summed E-state index contributed by atoms with van der Waals surface area (Å²) in [4.78, 5) is 25.7. The van der Waals surface area contributed by atoms with E-state index < -0.39 is 11.5 Å². The van der Waals surface area contributed by atoms with Crippen molar-refractivity contribution in [1.29, 1.82) is 0 Å². The van der Waals surface area contributed by atoms with Crippen molar-refractivity contribution in [2.45, 2.75) is 13.5 Å². The molecule has 10 nitrogen and oxygen atoms in total. The van der Waals surface area contributed by atoms with E-state index in [1.807, 2.05) is 12.1 Å². The molecular weight excluding hydrogens is 428 g/mol. The number of anilines is 1. The lowest BCUT2D eigenvalue weighted by molar-refractivity contribution is -0.117. The first-order chi connectivity index (χ1) is 15.9. The van der Waals surface area contributed by atoms with Gasteiger partial charge >= 0.3 is 0 Å². The number of hydrogen-bond donors (Lipinski definition) is 1. The van der Waals surface area contributed by atoms with Crippen LogP contribution in [0.1, 0.15) is 5.76 Å². The number of rotatable bonds is 7. The van der Waals surface area contributed by atoms with E-state index in [0.717, 1.165) is 10.2 Å². The van der Waals surface area contributed by atoms with Crippen molar-refractivity contribution in [1.82, 2.24) is 14.9 Å². The van der Waals surface area contributed by atoms with Crippen LogP contribution in [0.2, 0.25) is 0 Å². The molecule has 0 bridgehead atoms. The largest absolute Gasteiger partial charge is 0.497 e. The van der Waals surface area contributed by atoms with E-state index in [0.29, 0.717) is 39.8 Å². The second kappa shape index (κ2) is 9.03. The summed E-state index contributed by atoms with van der Waals surface area (Å²) >= 11 is 0. The van der Waals surface area contributed by atoms with Crippen molar-refractivity contribution in [3.8, 4) is 28.5 Å². The fourth-order valence-electron chi connectivity index (χ4n) is 3.44. The summed E-state index contributed by atoms with van der Waals surface area (Å²) in [5.74, 6) is 1.69. The van der Waals surface area contributed by atoms with E-state index in [4.69, 9.17) is 18.7 Å². The fraction of sp³-hybridized carbons (Fsp3) is 0.217. The summed E-state index contributed by atoms with van der Waals surface area (Å²) in [5, 5.41) is 11.6. The van der Waals surface area contributed by atoms with Crippen molar-refractivity contribution >= 4 is 22.5 Å². The molecule has 4 rings (SSSR count). The first-order valence-corrected chi connectivity index (χ1v) is 9.98. The van der Waals surface area contributed by atoms with Gasteiger partial charge in [-0.15, -0.1) is 0 Å². The van der Waals surface area contributed by atoms with Gasteiger partial charge in [-0.3, -0.25) is 9.59 Å². The smallest absolute Gasteiger partial charge is 0.297 e. The Labute approximate surface area is 188 Å². The predicted octanol–water partition coefficient (Wildman–Crippen LogP) is 3.02. The molecule has 0 saturated heterocycles. The van der Waals surface area contributed by atoms with Crippen molar-refractivity contribution < 1.29 is 23.5 Å². The maximum atomic E-state index is 12.9. The Bertz CT molecular complexity index is 1370. The van der Waals surface area contributed by atoms with Gasteiger partial charge < -0.3 is 24.1 Å². The predicted molar refractivity (Wildman–Crippen MR) is 121 cm³/mol. The number of carbonyl (C=O) groups is 1. The van der Waals surface area contributed by atoms with Crippen LogP contribution in [-0.2, 0) is 11.3 Å². The Morgan fingerprint density at radius 3 is 2.42 bits per heavy atom. The Morgan fingerprint density at radius 1 is 1.03 bits per heavy atom. The zero-order valence-corrected chi connectivity index (χ0v) is 18.5. The molecule has 0 unspecified atom stereocenters. The molecule has 0 aliphatic heterocycles. The number of fused-ring (bicyclic) bond motifs is 1. The van der Waals surface area contributed by atoms with Gasteiger partial charge in [0.25, 0.3) is 5.56 Å². The second-order valence-electron chi connectivity index (χ2n) is 7.12. The minimum atomic E-state index is -0.526. The van der Waals surface area contributed by atoms with Crippen LogP contribution in [0.5, 0.6) is 17.2 Å². The van der Waals surface area contributed by atoms with Gasteiger partial charge in [-0.1, -0.05) is 5.16 Å². The number of aromatic nitrogens is 3. The lowest BCUT2D eigenvalue weighted by Gasteiger charge is -2.12. The molecule has 4 aromatic rings. The highest BCUT2D eigenvalue weighted by Gasteiger charge is 2.20. The number of hydrogen-bond acceptors (Lipinski definition) is 8. The van der Waals surface area contributed by atoms with Crippen LogP contribution in [0.3, 0.4) is 0 Å². The number of benzene rings is 2. The van der Waals surface area contributed by atoms with Crippen LogP contribution >= 0.6 is 0 Å². The highest BCUT2D eigenvalue weighted by atomic mass is 16.5. The molecule has 0 atom stereocenters. The zero-order valence-electron chi connectivity index (χ0n) is 18.5. The van der Waals surface area contributed by atoms with Gasteiger partial charge in [0.1, 0.15) is 23.7 Å². The van der Waals surface area contributed by atoms with Gasteiger partial charge in [0.05, 0.1) is 26.7 Å². The Balaban J connectivity index is 1.68. The lowest BCUT2D eigenvalue weighted by atomic mass is 10.1. The molecule has 0 saturated carbocycles. The molecule has 0 aliphatic carbocycles. The number of amides is 1. The van der Waals surface area contributed by atoms with E-state index in [1.165, 1.54) is 14.2 Å². The number of ether oxygens (including phenoxy) is 3. The molecule has 33 heavy (non-hydrogen) atoms. The summed E-state index contributed by atoms with van der Waals surface area (Å²) in [5.41, 5.74) is 1.26. The number of nitrogens with zero attached hydrogens (tertiary/aromatic N) is 3. The summed E-state index contributed by atoms with van der Waals surface area (Å²) < 4.78 is 22.0. The first-order valence-electron chi connectivity index (χ1n) is 9.98. The first kappa shape index (κ1) is 21.9. The Kier molecular flexibility index (Phi) is 5.99. The minimum absolute atomic E-state index is 0.104. The molecule has 10 heteroatoms. The van der Waals surface area contributed by atoms with E-state index in [-0.39, 0.29) is 12.1 Å². The lowest BCUT2D eigenvalue weighted by Crippen LogP contribution is -2.30. The van der Waals surface area contributed by atoms with Crippen LogP contribution in [0, 0.1) is 6.92 Å². The average Bonchev–Trinajstić information content (AvgIpc) is 3.22. The average molecular weight is 450 g/mol. The molecule has 0 fully saturated rings. The number of aryl methyl sites for hydroxylation is 1. The normalized spacial score (nSPS) is 10.8. The van der Waals surface area contributed by atoms with Gasteiger partial charge in [0.15, 0.2) is 17.0 Å². The molecule has 0 aliphatic rings. The quantitative estimate of drug-likeness (QED) is 0.457. The third-order valence-corrected chi connectivity index (χ3v) is 5.08. The molecule has 1 N–H and O–H groups in total. The van der Waals surface area contributed by atoms with Crippen LogP contribution in [0.25, 0.3) is 22.2 Å². The standard InChI is InChI=1S/C23H22N4O6/c1-13-20-21(14-5-8-16(30-2)9-6-14)25-27(23(29)22(20)26-33-13)12-19(28)24-15-7-10-17(31-3)18(11-15)32-4/h5-11H,12H2,1-4H3,(H,24,28). The van der Waals surface area contributed by atoms with E-state index >= 15 is 0 Å². The van der Waals surface area contributed by atoms with Gasteiger partial charge in [-0.05, 0) is 43.3 Å². The topological polar surface area (TPSA) is 118 Å². The monoisotopic (exact) mass is 450 g/mol. The third kappa shape index (κ3) is 4.22. The maximum absolute atomic E-state index is 12.9. The van der Waals surface area contributed by atoms with Crippen LogP contribution in [-0.4, -0.2) is 42.2 Å². The second-order valence-corrected chi connectivity index (χ2v) is 7.12. The van der Waals surface area contributed by atoms with Gasteiger partial charge in [0, 0.05) is 17.3 Å². The number of nitrogens with one attached hydrogen (secondary N) is 1. The highest BCUT2D eigenvalue weighted by Crippen LogP contribution is 2.30. The van der Waals surface area contributed by atoms with Crippen molar-refractivity contribution in [2.24, 2.45) is 0 Å². The van der Waals surface area contributed by atoms with Crippen molar-refractivity contribution in [3.63, 3.8) is 0 Å². The van der Waals surface area contributed by atoms with Crippen molar-refractivity contribution in [3.05, 3.63) is 58.6 Å². The van der Waals surface area contributed by atoms with E-state index in [1.54, 1.807) is 44.4 Å². The molecule has 2 aromatic carbocycles. The van der Waals surface area contributed by atoms with Crippen LogP contribution in [0.4, 0.5) is 5.69 Å². The van der Waals surface area contributed by atoms with Crippen LogP contribution in [0.15, 0.2) is 51.8 Å². The van der Waals surface area contributed by atoms with E-state index in [2.05, 4.69) is 15.6 Å². The van der Waals surface area contributed by atoms with Gasteiger partial charge in [-0.2, -0.15) is 5.10 Å². The molecule has 0 radical (unpaired) electrons. The van der Waals surface area contributed by atoms with Crippen molar-refractivity contribution in [2.75, 3.05) is 26.6 Å². The molecule has 0 spiro atoms. The minimum Gasteiger partial charge on any atom is -0.497 e. The molecule has 2 aromatic heterocycles. The van der Waals surface area contributed by atoms with E-state index in [9.17, 15) is 9.59 Å². The molecule has 170 valence electrons. The number of methoxy groups -OCH3 is 3. The Hall–Kier alpha value is -4.34. The fourth-order valence-corrected chi connectivity index (χ4v) is 3.44. The Morgan fingerprint density at radius 2 is 1.76 bits per heavy atom. The SMILES string of the molecule is COc1ccc(-c2nn(CC(=O)Nc3ccc(OC)c(OC)c3)c(=O)c3noc(C)c23)cc1. The van der Waals surface area contributed by atoms with Gasteiger partial charge in [0.2, 0.25) is 5.91 Å². The van der Waals surface area contributed by atoms with Crippen LogP contribution < -0.4 is 25.1 Å². The highest BCUT2D eigenvalue weighted by molar-refractivity contribution is 5.94. The third-order valence-electron chi connectivity index (χ3n) is 5.08. The summed E-state index contributed by atoms with van der Waals surface area (Å²) in [6.07, 6.45) is 0. The number of carbonyl (C=O) groups excluding carboxylic acids is 1. The molecule has 2 heterocycles. The van der Waals surface area contributed by atoms with Gasteiger partial charge in [-0.25, -0.2) is 4.68 Å². The molecular formula is C23H22N4O6. The summed E-state index contributed by atoms with van der Waals surface area (Å²) in [7, 11) is 4.60. The summed E-state index contributed by atoms with van der Waals surface area (Å²) in [6, 6.07) is 12.2. The maximum Gasteiger partial charge on any atom is 0.297 e. The molecule has 1 amide bonds.